The molecule has 5 nitrogen and oxygen atoms in total. The molecule has 21 heavy (non-hydrogen) atoms. The molecule has 3 heterocycles. The number of fused-ring (bicyclic) bond motifs is 2. The van der Waals surface area contributed by atoms with Gasteiger partial charge in [0.2, 0.25) is 5.95 Å². The van der Waals surface area contributed by atoms with E-state index in [2.05, 4.69) is 32.8 Å². The number of rotatable bonds is 2. The van der Waals surface area contributed by atoms with Crippen molar-refractivity contribution in [2.45, 2.75) is 32.6 Å². The molecule has 0 saturated heterocycles. The molecule has 0 saturated carbocycles. The predicted molar refractivity (Wildman–Crippen MR) is 85.5 cm³/mol. The van der Waals surface area contributed by atoms with E-state index in [0.29, 0.717) is 5.95 Å². The molecule has 3 aromatic heterocycles. The van der Waals surface area contributed by atoms with E-state index in [-0.39, 0.29) is 0 Å². The van der Waals surface area contributed by atoms with E-state index in [0.717, 1.165) is 28.9 Å². The third-order valence-corrected chi connectivity index (χ3v) is 4.92. The van der Waals surface area contributed by atoms with Gasteiger partial charge < -0.3 is 5.32 Å². The Balaban J connectivity index is 1.98. The van der Waals surface area contributed by atoms with Gasteiger partial charge in [-0.05, 0) is 38.7 Å². The summed E-state index contributed by atoms with van der Waals surface area (Å²) in [5.74, 6) is 1.61. The van der Waals surface area contributed by atoms with Crippen molar-refractivity contribution in [1.82, 2.24) is 19.5 Å². The van der Waals surface area contributed by atoms with E-state index in [1.54, 1.807) is 11.3 Å². The molecule has 0 aromatic carbocycles. The van der Waals surface area contributed by atoms with Crippen LogP contribution in [0.3, 0.4) is 0 Å². The zero-order valence-electron chi connectivity index (χ0n) is 12.2. The van der Waals surface area contributed by atoms with Crippen molar-refractivity contribution in [3.63, 3.8) is 0 Å². The van der Waals surface area contributed by atoms with Crippen molar-refractivity contribution < 1.29 is 0 Å². The van der Waals surface area contributed by atoms with E-state index in [1.807, 2.05) is 13.4 Å². The Hall–Kier alpha value is -1.95. The Morgan fingerprint density at radius 2 is 2.10 bits per heavy atom. The summed E-state index contributed by atoms with van der Waals surface area (Å²) in [5, 5.41) is 4.17. The maximum Gasteiger partial charge on any atom is 0.225 e. The van der Waals surface area contributed by atoms with Gasteiger partial charge >= 0.3 is 0 Å². The molecule has 6 heteroatoms. The molecular formula is C15H17N5S. The standard InChI is InChI=1S/C15H17N5S/c1-9-7-10-13(18-15(16-2)19-14(10)21-9)20-8-17-11-5-3-4-6-12(11)20/h7-8H,3-6H2,1-2H3,(H,16,18,19). The fourth-order valence-electron chi connectivity index (χ4n) is 2.97. The first-order chi connectivity index (χ1) is 10.3. The zero-order valence-corrected chi connectivity index (χ0v) is 13.0. The highest BCUT2D eigenvalue weighted by molar-refractivity contribution is 7.18. The fourth-order valence-corrected chi connectivity index (χ4v) is 3.85. The molecular weight excluding hydrogens is 282 g/mol. The molecule has 1 aliphatic rings. The highest BCUT2D eigenvalue weighted by atomic mass is 32.1. The molecule has 0 fully saturated rings. The second-order valence-corrected chi connectivity index (χ2v) is 6.65. The Labute approximate surface area is 127 Å². The highest BCUT2D eigenvalue weighted by Crippen LogP contribution is 2.31. The molecule has 0 bridgehead atoms. The van der Waals surface area contributed by atoms with Crippen LogP contribution in [-0.4, -0.2) is 26.6 Å². The van der Waals surface area contributed by atoms with Crippen molar-refractivity contribution in [1.29, 1.82) is 0 Å². The smallest absolute Gasteiger partial charge is 0.225 e. The van der Waals surface area contributed by atoms with Gasteiger partial charge in [-0.25, -0.2) is 9.97 Å². The van der Waals surface area contributed by atoms with E-state index >= 15 is 0 Å². The summed E-state index contributed by atoms with van der Waals surface area (Å²) in [6.45, 7) is 2.11. The van der Waals surface area contributed by atoms with Crippen LogP contribution in [0.25, 0.3) is 16.0 Å². The third kappa shape index (κ3) is 2.01. The average molecular weight is 299 g/mol. The average Bonchev–Trinajstić information content (AvgIpc) is 3.08. The number of thiophene rings is 1. The fraction of sp³-hybridized carbons (Fsp3) is 0.400. The molecule has 3 aromatic rings. The van der Waals surface area contributed by atoms with Crippen LogP contribution in [0.15, 0.2) is 12.4 Å². The zero-order chi connectivity index (χ0) is 14.4. The maximum atomic E-state index is 4.69. The molecule has 0 aliphatic heterocycles. The first-order valence-electron chi connectivity index (χ1n) is 7.27. The minimum Gasteiger partial charge on any atom is -0.357 e. The van der Waals surface area contributed by atoms with Crippen molar-refractivity contribution >= 4 is 27.5 Å². The molecule has 0 unspecified atom stereocenters. The molecule has 0 spiro atoms. The largest absolute Gasteiger partial charge is 0.357 e. The predicted octanol–water partition coefficient (Wildman–Crippen LogP) is 3.11. The lowest BCUT2D eigenvalue weighted by molar-refractivity contribution is 0.654. The summed E-state index contributed by atoms with van der Waals surface area (Å²) in [6, 6.07) is 2.17. The van der Waals surface area contributed by atoms with Gasteiger partial charge in [0.25, 0.3) is 0 Å². The normalized spacial score (nSPS) is 14.4. The van der Waals surface area contributed by atoms with Crippen LogP contribution in [0, 0.1) is 6.92 Å². The van der Waals surface area contributed by atoms with Gasteiger partial charge in [-0.3, -0.25) is 4.57 Å². The molecule has 0 amide bonds. The lowest BCUT2D eigenvalue weighted by Crippen LogP contribution is -2.09. The van der Waals surface area contributed by atoms with Crippen LogP contribution in [-0.2, 0) is 12.8 Å². The Morgan fingerprint density at radius 1 is 1.24 bits per heavy atom. The number of aromatic nitrogens is 4. The Morgan fingerprint density at radius 3 is 2.95 bits per heavy atom. The topological polar surface area (TPSA) is 55.6 Å². The van der Waals surface area contributed by atoms with E-state index < -0.39 is 0 Å². The number of aryl methyl sites for hydroxylation is 2. The maximum absolute atomic E-state index is 4.69. The van der Waals surface area contributed by atoms with Gasteiger partial charge in [-0.2, -0.15) is 4.98 Å². The Kier molecular flexibility index (Phi) is 2.92. The van der Waals surface area contributed by atoms with Gasteiger partial charge in [-0.15, -0.1) is 11.3 Å². The Bertz CT molecular complexity index is 817. The third-order valence-electron chi connectivity index (χ3n) is 3.98. The van der Waals surface area contributed by atoms with E-state index in [1.165, 1.54) is 29.1 Å². The summed E-state index contributed by atoms with van der Waals surface area (Å²) in [5.41, 5.74) is 2.54. The lowest BCUT2D eigenvalue weighted by atomic mass is 10.0. The van der Waals surface area contributed by atoms with Gasteiger partial charge in [0.1, 0.15) is 11.2 Å². The second kappa shape index (κ2) is 4.80. The summed E-state index contributed by atoms with van der Waals surface area (Å²) < 4.78 is 2.16. The lowest BCUT2D eigenvalue weighted by Gasteiger charge is -2.14. The van der Waals surface area contributed by atoms with E-state index in [4.69, 9.17) is 4.98 Å². The molecule has 108 valence electrons. The quantitative estimate of drug-likeness (QED) is 0.790. The molecule has 0 radical (unpaired) electrons. The number of hydrogen-bond donors (Lipinski definition) is 1. The number of nitrogens with one attached hydrogen (secondary N) is 1. The van der Waals surface area contributed by atoms with E-state index in [9.17, 15) is 0 Å². The summed E-state index contributed by atoms with van der Waals surface area (Å²) in [4.78, 5) is 16.1. The monoisotopic (exact) mass is 299 g/mol. The minimum atomic E-state index is 0.664. The van der Waals surface area contributed by atoms with Crippen molar-refractivity contribution in [2.24, 2.45) is 0 Å². The minimum absolute atomic E-state index is 0.664. The van der Waals surface area contributed by atoms with Gasteiger partial charge in [-0.1, -0.05) is 0 Å². The molecule has 1 aliphatic carbocycles. The first kappa shape index (κ1) is 12.8. The summed E-state index contributed by atoms with van der Waals surface area (Å²) >= 11 is 1.71. The SMILES string of the molecule is CNc1nc(-n2cnc3c2CCCC3)c2cc(C)sc2n1. The van der Waals surface area contributed by atoms with Crippen molar-refractivity contribution in [3.8, 4) is 5.82 Å². The van der Waals surface area contributed by atoms with Crippen LogP contribution >= 0.6 is 11.3 Å². The molecule has 0 atom stereocenters. The summed E-state index contributed by atoms with van der Waals surface area (Å²) in [6.07, 6.45) is 6.55. The van der Waals surface area contributed by atoms with Crippen LogP contribution in [0.5, 0.6) is 0 Å². The van der Waals surface area contributed by atoms with Crippen LogP contribution in [0.4, 0.5) is 5.95 Å². The van der Waals surface area contributed by atoms with Gasteiger partial charge in [0.05, 0.1) is 11.1 Å². The van der Waals surface area contributed by atoms with Crippen molar-refractivity contribution in [2.75, 3.05) is 12.4 Å². The number of nitrogens with zero attached hydrogens (tertiary/aromatic N) is 4. The van der Waals surface area contributed by atoms with Crippen LogP contribution < -0.4 is 5.32 Å². The van der Waals surface area contributed by atoms with Gasteiger partial charge in [0, 0.05) is 17.6 Å². The highest BCUT2D eigenvalue weighted by Gasteiger charge is 2.19. The first-order valence-corrected chi connectivity index (χ1v) is 8.09. The molecule has 4 rings (SSSR count). The number of anilines is 1. The van der Waals surface area contributed by atoms with Crippen LogP contribution in [0.2, 0.25) is 0 Å². The van der Waals surface area contributed by atoms with Gasteiger partial charge in [0.15, 0.2) is 5.82 Å². The molecule has 1 N–H and O–H groups in total. The van der Waals surface area contributed by atoms with Crippen LogP contribution in [0.1, 0.15) is 29.1 Å². The number of imidazole rings is 1. The second-order valence-electron chi connectivity index (χ2n) is 5.41. The summed E-state index contributed by atoms with van der Waals surface area (Å²) in [7, 11) is 1.86. The van der Waals surface area contributed by atoms with Crippen molar-refractivity contribution in [3.05, 3.63) is 28.7 Å². The number of hydrogen-bond acceptors (Lipinski definition) is 5.